The molecule has 0 amide bonds. The number of allylic oxidation sites excluding steroid dienone is 24. The van der Waals surface area contributed by atoms with E-state index in [0.29, 0.717) is 25.7 Å². The van der Waals surface area contributed by atoms with Crippen molar-refractivity contribution in [2.45, 2.75) is 285 Å². The van der Waals surface area contributed by atoms with Gasteiger partial charge in [0.1, 0.15) is 31.8 Å². The molecule has 0 spiro atoms. The molecule has 8 heteroatoms. The number of hydrogen-bond donors (Lipinski definition) is 0. The summed E-state index contributed by atoms with van der Waals surface area (Å²) in [7, 11) is 0. The summed E-state index contributed by atoms with van der Waals surface area (Å²) in [4.78, 5) is 53.3. The minimum Gasteiger partial charge on any atom is -0.465 e. The molecule has 0 unspecified atom stereocenters. The highest BCUT2D eigenvalue weighted by Crippen LogP contribution is 2.24. The van der Waals surface area contributed by atoms with Crippen LogP contribution in [0.5, 0.6) is 0 Å². The second kappa shape index (κ2) is 66.3. The number of ether oxygens (including phenoxy) is 4. The SMILES string of the molecule is CCCCC/C=C\C/C=C\C/C=C\CCCCC(=O)OCC(COC(=O)CCCC/C=C\C/C=C\C/C=C\CCCCC)(COC(=O)CCCC/C=C\C/C=C\C/C=C\CCCCC)COC(=O)CCCC/C=C\C/C=C\C/C=C\CCCCC. The highest BCUT2D eigenvalue weighted by atomic mass is 16.6. The Labute approximate surface area is 521 Å². The van der Waals surface area contributed by atoms with Crippen LogP contribution >= 0.6 is 0 Å². The lowest BCUT2D eigenvalue weighted by atomic mass is 9.92. The Morgan fingerprint density at radius 1 is 0.224 bits per heavy atom. The molecule has 8 nitrogen and oxygen atoms in total. The summed E-state index contributed by atoms with van der Waals surface area (Å²) < 4.78 is 23.6. The first-order valence-electron chi connectivity index (χ1n) is 34.2. The number of carbonyl (C=O) groups excluding carboxylic acids is 4. The quantitative estimate of drug-likeness (QED) is 0.0257. The summed E-state index contributed by atoms with van der Waals surface area (Å²) in [6.07, 6.45) is 90.0. The topological polar surface area (TPSA) is 105 Å². The summed E-state index contributed by atoms with van der Waals surface area (Å²) in [5.41, 5.74) is -1.29. The molecule has 480 valence electrons. The minimum atomic E-state index is -1.29. The third-order valence-electron chi connectivity index (χ3n) is 14.2. The average Bonchev–Trinajstić information content (AvgIpc) is 3.60. The maximum atomic E-state index is 13.3. The normalized spacial score (nSPS) is 12.8. The number of rotatable bonds is 60. The molecule has 0 heterocycles. The lowest BCUT2D eigenvalue weighted by Gasteiger charge is -2.31. The summed E-state index contributed by atoms with van der Waals surface area (Å²) in [5.74, 6) is -1.62. The fourth-order valence-corrected chi connectivity index (χ4v) is 8.76. The maximum absolute atomic E-state index is 13.3. The summed E-state index contributed by atoms with van der Waals surface area (Å²) >= 11 is 0. The van der Waals surface area contributed by atoms with Gasteiger partial charge in [0.25, 0.3) is 0 Å². The van der Waals surface area contributed by atoms with Crippen molar-refractivity contribution in [1.82, 2.24) is 0 Å². The Kier molecular flexibility index (Phi) is 62.2. The van der Waals surface area contributed by atoms with Crippen molar-refractivity contribution in [2.75, 3.05) is 26.4 Å². The van der Waals surface area contributed by atoms with Gasteiger partial charge in [-0.25, -0.2) is 0 Å². The van der Waals surface area contributed by atoms with Crippen molar-refractivity contribution in [3.05, 3.63) is 146 Å². The van der Waals surface area contributed by atoms with Crippen LogP contribution in [0.4, 0.5) is 0 Å². The first-order valence-corrected chi connectivity index (χ1v) is 34.2. The molecule has 0 saturated heterocycles. The highest BCUT2D eigenvalue weighted by Gasteiger charge is 2.38. The van der Waals surface area contributed by atoms with Crippen molar-refractivity contribution >= 4 is 23.9 Å². The van der Waals surface area contributed by atoms with E-state index < -0.39 is 29.3 Å². The summed E-state index contributed by atoms with van der Waals surface area (Å²) in [6, 6.07) is 0. The van der Waals surface area contributed by atoms with E-state index in [1.165, 1.54) is 77.0 Å². The fourth-order valence-electron chi connectivity index (χ4n) is 8.76. The molecule has 0 aliphatic carbocycles. The smallest absolute Gasteiger partial charge is 0.305 e. The van der Waals surface area contributed by atoms with Crippen LogP contribution in [0.15, 0.2) is 146 Å². The van der Waals surface area contributed by atoms with Crippen LogP contribution < -0.4 is 0 Å². The molecular formula is C77H124O8. The first-order chi connectivity index (χ1) is 41.8. The van der Waals surface area contributed by atoms with Crippen LogP contribution in [0.1, 0.15) is 285 Å². The number of unbranched alkanes of at least 4 members (excludes halogenated alkanes) is 20. The van der Waals surface area contributed by atoms with E-state index >= 15 is 0 Å². The molecule has 0 aliphatic heterocycles. The van der Waals surface area contributed by atoms with Crippen LogP contribution in [-0.4, -0.2) is 50.3 Å². The molecule has 0 aromatic carbocycles. The van der Waals surface area contributed by atoms with Gasteiger partial charge >= 0.3 is 23.9 Å². The zero-order valence-electron chi connectivity index (χ0n) is 54.7. The van der Waals surface area contributed by atoms with E-state index in [0.717, 1.165) is 128 Å². The Morgan fingerprint density at radius 2 is 0.376 bits per heavy atom. The summed E-state index contributed by atoms with van der Waals surface area (Å²) in [6.45, 7) is 7.95. The fraction of sp³-hybridized carbons (Fsp3) is 0.636. The molecule has 0 saturated carbocycles. The van der Waals surface area contributed by atoms with E-state index in [2.05, 4.69) is 174 Å². The van der Waals surface area contributed by atoms with Crippen molar-refractivity contribution in [3.8, 4) is 0 Å². The molecule has 0 aromatic rings. The van der Waals surface area contributed by atoms with Gasteiger partial charge in [-0.3, -0.25) is 19.2 Å². The molecule has 0 N–H and O–H groups in total. The van der Waals surface area contributed by atoms with Gasteiger partial charge in [-0.2, -0.15) is 0 Å². The number of carbonyl (C=O) groups is 4. The van der Waals surface area contributed by atoms with Crippen LogP contribution in [0.3, 0.4) is 0 Å². The second-order valence-electron chi connectivity index (χ2n) is 22.7. The Morgan fingerprint density at radius 3 is 0.541 bits per heavy atom. The molecule has 85 heavy (non-hydrogen) atoms. The average molecular weight is 1180 g/mol. The lowest BCUT2D eigenvalue weighted by molar-refractivity contribution is -0.170. The standard InChI is InChI=1S/C77H124O8/c1-5-9-13-17-21-25-29-33-37-41-45-49-53-57-61-65-73(78)82-69-77(70-83-74(79)66-62-58-54-50-46-42-38-34-30-26-22-18-14-10-6-2,71-84-75(80)67-63-59-55-51-47-43-39-35-31-27-23-19-15-11-7-3)72-85-76(81)68-64-60-56-52-48-44-40-36-32-28-24-20-16-12-8-4/h21-28,33-40,45-52H,5-20,29-32,41-44,53-72H2,1-4H3/b25-21-,26-22-,27-23-,28-24-,37-33-,38-34-,39-35-,40-36-,49-45-,50-46-,51-47-,52-48-. The van der Waals surface area contributed by atoms with E-state index in [1.54, 1.807) is 0 Å². The van der Waals surface area contributed by atoms with Crippen molar-refractivity contribution in [3.63, 3.8) is 0 Å². The van der Waals surface area contributed by atoms with Gasteiger partial charge in [0.2, 0.25) is 0 Å². The maximum Gasteiger partial charge on any atom is 0.305 e. The van der Waals surface area contributed by atoms with Gasteiger partial charge in [0.15, 0.2) is 0 Å². The van der Waals surface area contributed by atoms with Gasteiger partial charge in [-0.1, -0.05) is 225 Å². The largest absolute Gasteiger partial charge is 0.465 e. The summed E-state index contributed by atoms with van der Waals surface area (Å²) in [5, 5.41) is 0. The minimum absolute atomic E-state index is 0.206. The van der Waals surface area contributed by atoms with E-state index in [9.17, 15) is 19.2 Å². The van der Waals surface area contributed by atoms with Crippen molar-refractivity contribution in [1.29, 1.82) is 0 Å². The third kappa shape index (κ3) is 61.7. The molecule has 0 rings (SSSR count). The van der Waals surface area contributed by atoms with Crippen LogP contribution in [0.25, 0.3) is 0 Å². The Bertz CT molecular complexity index is 1660. The molecule has 0 aromatic heterocycles. The van der Waals surface area contributed by atoms with Gasteiger partial charge in [-0.15, -0.1) is 0 Å². The predicted molar refractivity (Wildman–Crippen MR) is 363 cm³/mol. The molecular weight excluding hydrogens is 1050 g/mol. The zero-order valence-corrected chi connectivity index (χ0v) is 54.7. The number of esters is 4. The van der Waals surface area contributed by atoms with Gasteiger partial charge in [0.05, 0.1) is 0 Å². The van der Waals surface area contributed by atoms with Crippen LogP contribution in [-0.2, 0) is 38.1 Å². The van der Waals surface area contributed by atoms with E-state index in [1.807, 2.05) is 0 Å². The van der Waals surface area contributed by atoms with E-state index in [-0.39, 0.29) is 52.1 Å². The van der Waals surface area contributed by atoms with Gasteiger partial charge in [-0.05, 0) is 180 Å². The first kappa shape index (κ1) is 79.8. The lowest BCUT2D eigenvalue weighted by Crippen LogP contribution is -2.44. The number of hydrogen-bond acceptors (Lipinski definition) is 8. The Balaban J connectivity index is 5.76. The monoisotopic (exact) mass is 1180 g/mol. The second-order valence-corrected chi connectivity index (χ2v) is 22.7. The Hall–Kier alpha value is -5.24. The third-order valence-corrected chi connectivity index (χ3v) is 14.2. The predicted octanol–water partition coefficient (Wildman–Crippen LogP) is 22.5. The van der Waals surface area contributed by atoms with Gasteiger partial charge < -0.3 is 18.9 Å². The molecule has 0 bridgehead atoms. The van der Waals surface area contributed by atoms with Gasteiger partial charge in [0, 0.05) is 25.7 Å². The molecule has 0 radical (unpaired) electrons. The van der Waals surface area contributed by atoms with Crippen LogP contribution in [0, 0.1) is 5.41 Å². The van der Waals surface area contributed by atoms with Crippen molar-refractivity contribution in [2.24, 2.45) is 5.41 Å². The van der Waals surface area contributed by atoms with Crippen LogP contribution in [0.2, 0.25) is 0 Å². The molecule has 0 atom stereocenters. The zero-order chi connectivity index (χ0) is 61.7. The van der Waals surface area contributed by atoms with E-state index in [4.69, 9.17) is 18.9 Å². The molecule has 0 aliphatic rings. The van der Waals surface area contributed by atoms with Crippen molar-refractivity contribution < 1.29 is 38.1 Å². The highest BCUT2D eigenvalue weighted by molar-refractivity contribution is 5.71. The molecule has 0 fully saturated rings.